The van der Waals surface area contributed by atoms with E-state index >= 15 is 0 Å². The lowest BCUT2D eigenvalue weighted by atomic mass is 10.1. The molecule has 0 N–H and O–H groups in total. The van der Waals surface area contributed by atoms with Crippen molar-refractivity contribution in [2.75, 3.05) is 0 Å². The summed E-state index contributed by atoms with van der Waals surface area (Å²) in [6.07, 6.45) is 0. The number of rotatable bonds is 2. The molecule has 0 amide bonds. The molecule has 0 aliphatic carbocycles. The Kier molecular flexibility index (Phi) is 2.83. The van der Waals surface area contributed by atoms with E-state index in [-0.39, 0.29) is 10.6 Å². The van der Waals surface area contributed by atoms with Gasteiger partial charge in [0.2, 0.25) is 0 Å². The van der Waals surface area contributed by atoms with Crippen molar-refractivity contribution in [3.05, 3.63) is 50.6 Å². The summed E-state index contributed by atoms with van der Waals surface area (Å²) in [5, 5.41) is 10.9. The van der Waals surface area contributed by atoms with Crippen LogP contribution in [0, 0.1) is 30.9 Å². The molecular formula is C14H13N3O2S. The summed E-state index contributed by atoms with van der Waals surface area (Å²) in [6.45, 7) is 6.12. The largest absolute Gasteiger partial charge is 0.291 e. The van der Waals surface area contributed by atoms with Gasteiger partial charge in [-0.3, -0.25) is 14.5 Å². The Morgan fingerprint density at radius 2 is 2.00 bits per heavy atom. The highest BCUT2D eigenvalue weighted by Gasteiger charge is 2.16. The third kappa shape index (κ3) is 1.80. The van der Waals surface area contributed by atoms with Crippen LogP contribution < -0.4 is 0 Å². The fraction of sp³-hybridized carbons (Fsp3) is 0.214. The minimum absolute atomic E-state index is 0.0890. The Bertz CT molecular complexity index is 832. The topological polar surface area (TPSA) is 60.4 Å². The third-order valence-corrected chi connectivity index (χ3v) is 4.55. The first-order chi connectivity index (χ1) is 9.49. The molecule has 6 heteroatoms. The Hall–Kier alpha value is -2.21. The highest BCUT2D eigenvalue weighted by molar-refractivity contribution is 7.17. The van der Waals surface area contributed by atoms with Crippen molar-refractivity contribution in [2.45, 2.75) is 20.8 Å². The number of fused-ring (bicyclic) bond motifs is 1. The fourth-order valence-electron chi connectivity index (χ4n) is 2.35. The van der Waals surface area contributed by atoms with Gasteiger partial charge >= 0.3 is 0 Å². The molecule has 0 bridgehead atoms. The van der Waals surface area contributed by atoms with Crippen molar-refractivity contribution < 1.29 is 4.92 Å². The second kappa shape index (κ2) is 4.42. The minimum Gasteiger partial charge on any atom is -0.291 e. The Labute approximate surface area is 119 Å². The van der Waals surface area contributed by atoms with E-state index in [1.54, 1.807) is 23.5 Å². The SMILES string of the molecule is Cc1sc2nc(-c3cccc([N+](=O)[O-])c3)c(C)n2c1C. The summed E-state index contributed by atoms with van der Waals surface area (Å²) in [5.74, 6) is 0. The number of nitrogens with zero attached hydrogens (tertiary/aromatic N) is 3. The van der Waals surface area contributed by atoms with E-state index in [9.17, 15) is 10.1 Å². The van der Waals surface area contributed by atoms with Crippen LogP contribution in [-0.4, -0.2) is 14.3 Å². The number of aromatic nitrogens is 2. The molecule has 20 heavy (non-hydrogen) atoms. The minimum atomic E-state index is -0.382. The van der Waals surface area contributed by atoms with Crippen LogP contribution in [-0.2, 0) is 0 Å². The molecule has 102 valence electrons. The van der Waals surface area contributed by atoms with E-state index in [1.165, 1.54) is 16.6 Å². The molecule has 2 aromatic heterocycles. The van der Waals surface area contributed by atoms with Gasteiger partial charge in [0.05, 0.1) is 10.6 Å². The average molecular weight is 287 g/mol. The van der Waals surface area contributed by atoms with Crippen molar-refractivity contribution in [3.63, 3.8) is 0 Å². The second-order valence-corrected chi connectivity index (χ2v) is 5.90. The van der Waals surface area contributed by atoms with Crippen molar-refractivity contribution in [2.24, 2.45) is 0 Å². The van der Waals surface area contributed by atoms with Crippen LogP contribution in [0.15, 0.2) is 24.3 Å². The molecule has 1 aromatic carbocycles. The van der Waals surface area contributed by atoms with Gasteiger partial charge in [0.1, 0.15) is 0 Å². The summed E-state index contributed by atoms with van der Waals surface area (Å²) in [4.78, 5) is 17.3. The lowest BCUT2D eigenvalue weighted by Crippen LogP contribution is -1.91. The van der Waals surface area contributed by atoms with E-state index in [1.807, 2.05) is 13.0 Å². The maximum absolute atomic E-state index is 10.9. The predicted molar refractivity (Wildman–Crippen MR) is 79.4 cm³/mol. The molecule has 0 saturated heterocycles. The van der Waals surface area contributed by atoms with Gasteiger partial charge in [-0.05, 0) is 20.8 Å². The molecule has 0 aliphatic heterocycles. The molecule has 5 nitrogen and oxygen atoms in total. The number of non-ortho nitro benzene ring substituents is 1. The van der Waals surface area contributed by atoms with E-state index in [2.05, 4.69) is 23.2 Å². The lowest BCUT2D eigenvalue weighted by molar-refractivity contribution is -0.384. The highest BCUT2D eigenvalue weighted by atomic mass is 32.1. The second-order valence-electron chi connectivity index (χ2n) is 4.71. The molecule has 2 heterocycles. The van der Waals surface area contributed by atoms with Gasteiger partial charge in [-0.15, -0.1) is 11.3 Å². The molecule has 0 radical (unpaired) electrons. The van der Waals surface area contributed by atoms with Crippen LogP contribution in [0.3, 0.4) is 0 Å². The normalized spacial score (nSPS) is 11.2. The summed E-state index contributed by atoms with van der Waals surface area (Å²) in [5.41, 5.74) is 3.87. The van der Waals surface area contributed by atoms with Crippen LogP contribution in [0.1, 0.15) is 16.3 Å². The van der Waals surface area contributed by atoms with Gasteiger partial charge in [-0.2, -0.15) is 0 Å². The first-order valence-electron chi connectivity index (χ1n) is 6.19. The van der Waals surface area contributed by atoms with Gasteiger partial charge in [0.25, 0.3) is 5.69 Å². The molecule has 3 aromatic rings. The maximum atomic E-state index is 10.9. The van der Waals surface area contributed by atoms with Gasteiger partial charge in [0, 0.05) is 34.0 Å². The standard InChI is InChI=1S/C14H13N3O2S/c1-8-10(3)20-14-15-13(9(2)16(8)14)11-5-4-6-12(7-11)17(18)19/h4-7H,1-3H3. The first-order valence-corrected chi connectivity index (χ1v) is 7.00. The third-order valence-electron chi connectivity index (χ3n) is 3.50. The van der Waals surface area contributed by atoms with Crippen LogP contribution in [0.25, 0.3) is 16.2 Å². The number of aryl methyl sites for hydroxylation is 3. The van der Waals surface area contributed by atoms with Crippen LogP contribution in [0.4, 0.5) is 5.69 Å². The van der Waals surface area contributed by atoms with Crippen molar-refractivity contribution in [1.82, 2.24) is 9.38 Å². The van der Waals surface area contributed by atoms with Gasteiger partial charge < -0.3 is 0 Å². The molecule has 0 unspecified atom stereocenters. The lowest BCUT2D eigenvalue weighted by Gasteiger charge is -2.01. The zero-order valence-electron chi connectivity index (χ0n) is 11.4. The monoisotopic (exact) mass is 287 g/mol. The van der Waals surface area contributed by atoms with E-state index in [0.717, 1.165) is 21.9 Å². The van der Waals surface area contributed by atoms with Crippen LogP contribution in [0.2, 0.25) is 0 Å². The van der Waals surface area contributed by atoms with Crippen molar-refractivity contribution in [1.29, 1.82) is 0 Å². The van der Waals surface area contributed by atoms with E-state index in [4.69, 9.17) is 0 Å². The maximum Gasteiger partial charge on any atom is 0.270 e. The molecule has 0 spiro atoms. The summed E-state index contributed by atoms with van der Waals surface area (Å²) in [6, 6.07) is 6.61. The van der Waals surface area contributed by atoms with Crippen LogP contribution in [0.5, 0.6) is 0 Å². The van der Waals surface area contributed by atoms with Crippen LogP contribution >= 0.6 is 11.3 Å². The fourth-order valence-corrected chi connectivity index (χ4v) is 3.36. The Morgan fingerprint density at radius 1 is 1.25 bits per heavy atom. The average Bonchev–Trinajstić information content (AvgIpc) is 2.88. The van der Waals surface area contributed by atoms with Gasteiger partial charge in [0.15, 0.2) is 4.96 Å². The summed E-state index contributed by atoms with van der Waals surface area (Å²) in [7, 11) is 0. The predicted octanol–water partition coefficient (Wildman–Crippen LogP) is 3.90. The number of hydrogen-bond acceptors (Lipinski definition) is 4. The van der Waals surface area contributed by atoms with E-state index in [0.29, 0.717) is 0 Å². The number of thiazole rings is 1. The van der Waals surface area contributed by atoms with Crippen molar-refractivity contribution in [3.8, 4) is 11.3 Å². The first kappa shape index (κ1) is 12.8. The van der Waals surface area contributed by atoms with Crippen molar-refractivity contribution >= 4 is 22.0 Å². The molecule has 0 saturated carbocycles. The number of nitro benzene ring substituents is 1. The summed E-state index contributed by atoms with van der Waals surface area (Å²) >= 11 is 1.64. The zero-order chi connectivity index (χ0) is 14.4. The van der Waals surface area contributed by atoms with Gasteiger partial charge in [-0.25, -0.2) is 4.98 Å². The Balaban J connectivity index is 2.22. The molecule has 0 atom stereocenters. The number of benzene rings is 1. The van der Waals surface area contributed by atoms with Gasteiger partial charge in [-0.1, -0.05) is 12.1 Å². The molecule has 0 fully saturated rings. The highest BCUT2D eigenvalue weighted by Crippen LogP contribution is 2.31. The number of hydrogen-bond donors (Lipinski definition) is 0. The molecule has 3 rings (SSSR count). The quantitative estimate of drug-likeness (QED) is 0.530. The number of imidazole rings is 1. The zero-order valence-corrected chi connectivity index (χ0v) is 12.2. The number of nitro groups is 1. The summed E-state index contributed by atoms with van der Waals surface area (Å²) < 4.78 is 2.11. The molecular weight excluding hydrogens is 274 g/mol. The molecule has 0 aliphatic rings. The smallest absolute Gasteiger partial charge is 0.270 e. The Morgan fingerprint density at radius 3 is 2.65 bits per heavy atom. The van der Waals surface area contributed by atoms with E-state index < -0.39 is 0 Å².